The van der Waals surface area contributed by atoms with Crippen molar-refractivity contribution in [2.75, 3.05) is 19.8 Å². The molecule has 1 atom stereocenters. The van der Waals surface area contributed by atoms with Crippen LogP contribution >= 0.6 is 0 Å². The van der Waals surface area contributed by atoms with E-state index < -0.39 is 5.54 Å². The number of nitrogens with zero attached hydrogens (tertiary/aromatic N) is 1. The fourth-order valence-corrected chi connectivity index (χ4v) is 3.77. The molecule has 2 saturated carbocycles. The van der Waals surface area contributed by atoms with Crippen LogP contribution in [0.25, 0.3) is 0 Å². The average Bonchev–Trinajstić information content (AvgIpc) is 3.20. The van der Waals surface area contributed by atoms with Gasteiger partial charge in [0.1, 0.15) is 11.6 Å². The number of ether oxygens (including phenoxy) is 1. The summed E-state index contributed by atoms with van der Waals surface area (Å²) in [5, 5.41) is 3.02. The molecule has 1 heterocycles. The Bertz CT molecular complexity index is 414. The van der Waals surface area contributed by atoms with Crippen molar-refractivity contribution >= 4 is 11.8 Å². The van der Waals surface area contributed by atoms with Gasteiger partial charge in [0.25, 0.3) is 0 Å². The van der Waals surface area contributed by atoms with Crippen LogP contribution < -0.4 is 5.32 Å². The van der Waals surface area contributed by atoms with Crippen LogP contribution in [0.4, 0.5) is 0 Å². The van der Waals surface area contributed by atoms with Crippen molar-refractivity contribution in [1.82, 2.24) is 10.2 Å². The molecule has 21 heavy (non-hydrogen) atoms. The van der Waals surface area contributed by atoms with Crippen molar-refractivity contribution in [3.05, 3.63) is 0 Å². The second kappa shape index (κ2) is 5.95. The summed E-state index contributed by atoms with van der Waals surface area (Å²) in [6.07, 6.45) is 6.76. The normalized spacial score (nSPS) is 28.2. The van der Waals surface area contributed by atoms with E-state index in [0.717, 1.165) is 44.9 Å². The van der Waals surface area contributed by atoms with Gasteiger partial charge in [-0.25, -0.2) is 0 Å². The molecule has 5 nitrogen and oxygen atoms in total. The van der Waals surface area contributed by atoms with Gasteiger partial charge in [-0.1, -0.05) is 19.8 Å². The van der Waals surface area contributed by atoms with E-state index in [1.54, 1.807) is 0 Å². The predicted molar refractivity (Wildman–Crippen MR) is 78.7 cm³/mol. The van der Waals surface area contributed by atoms with Gasteiger partial charge in [0.05, 0.1) is 6.61 Å². The first-order chi connectivity index (χ1) is 10.2. The molecular weight excluding hydrogens is 268 g/mol. The lowest BCUT2D eigenvalue weighted by Gasteiger charge is -2.46. The fourth-order valence-electron chi connectivity index (χ4n) is 3.77. The highest BCUT2D eigenvalue weighted by atomic mass is 16.5. The maximum absolute atomic E-state index is 12.8. The number of piperazine rings is 1. The van der Waals surface area contributed by atoms with Gasteiger partial charge in [-0.05, 0) is 38.0 Å². The smallest absolute Gasteiger partial charge is 0.246 e. The highest BCUT2D eigenvalue weighted by molar-refractivity contribution is 6.00. The second-order valence-corrected chi connectivity index (χ2v) is 6.63. The molecule has 2 aliphatic carbocycles. The van der Waals surface area contributed by atoms with E-state index in [0.29, 0.717) is 25.7 Å². The van der Waals surface area contributed by atoms with E-state index in [2.05, 4.69) is 12.2 Å². The fraction of sp³-hybridized carbons (Fsp3) is 0.875. The van der Waals surface area contributed by atoms with E-state index in [1.165, 1.54) is 0 Å². The third-order valence-electron chi connectivity index (χ3n) is 5.09. The molecule has 0 aromatic heterocycles. The summed E-state index contributed by atoms with van der Waals surface area (Å²) in [5.41, 5.74) is -0.585. The Balaban J connectivity index is 1.74. The minimum Gasteiger partial charge on any atom is -0.380 e. The minimum absolute atomic E-state index is 0.0759. The molecule has 0 bridgehead atoms. The van der Waals surface area contributed by atoms with E-state index >= 15 is 0 Å². The number of carbonyl (C=O) groups excluding carboxylic acids is 2. The lowest BCUT2D eigenvalue weighted by molar-refractivity contribution is -0.159. The average molecular weight is 294 g/mol. The van der Waals surface area contributed by atoms with Crippen LogP contribution in [0.5, 0.6) is 0 Å². The predicted octanol–water partition coefficient (Wildman–Crippen LogP) is 1.46. The van der Waals surface area contributed by atoms with Crippen LogP contribution in [0, 0.1) is 5.92 Å². The molecular formula is C16H26N2O3. The summed E-state index contributed by atoms with van der Waals surface area (Å²) >= 11 is 0. The van der Waals surface area contributed by atoms with E-state index in [1.807, 2.05) is 4.90 Å². The Labute approximate surface area is 126 Å². The van der Waals surface area contributed by atoms with Gasteiger partial charge >= 0.3 is 0 Å². The van der Waals surface area contributed by atoms with E-state index in [-0.39, 0.29) is 17.9 Å². The van der Waals surface area contributed by atoms with Crippen LogP contribution in [-0.4, -0.2) is 48.1 Å². The summed E-state index contributed by atoms with van der Waals surface area (Å²) in [4.78, 5) is 27.4. The molecule has 1 spiro atoms. The lowest BCUT2D eigenvalue weighted by Crippen LogP contribution is -2.70. The first-order valence-electron chi connectivity index (χ1n) is 8.39. The quantitative estimate of drug-likeness (QED) is 0.755. The molecule has 3 rings (SSSR count). The minimum atomic E-state index is -0.585. The molecule has 118 valence electrons. The third kappa shape index (κ3) is 2.68. The molecule has 0 radical (unpaired) electrons. The first kappa shape index (κ1) is 14.8. The van der Waals surface area contributed by atoms with Gasteiger partial charge in [-0.15, -0.1) is 0 Å². The topological polar surface area (TPSA) is 58.6 Å². The van der Waals surface area contributed by atoms with Crippen molar-refractivity contribution in [1.29, 1.82) is 0 Å². The molecule has 1 N–H and O–H groups in total. The zero-order chi connectivity index (χ0) is 14.9. The van der Waals surface area contributed by atoms with Crippen molar-refractivity contribution in [2.24, 2.45) is 5.92 Å². The molecule has 0 aromatic carbocycles. The van der Waals surface area contributed by atoms with Crippen molar-refractivity contribution in [3.63, 3.8) is 0 Å². The summed E-state index contributed by atoms with van der Waals surface area (Å²) in [7, 11) is 0. The molecule has 1 unspecified atom stereocenters. The molecule has 2 amide bonds. The van der Waals surface area contributed by atoms with Crippen molar-refractivity contribution in [2.45, 2.75) is 63.5 Å². The highest BCUT2D eigenvalue weighted by Crippen LogP contribution is 2.42. The molecule has 5 heteroatoms. The van der Waals surface area contributed by atoms with Gasteiger partial charge in [-0.3, -0.25) is 9.59 Å². The highest BCUT2D eigenvalue weighted by Gasteiger charge is 2.55. The van der Waals surface area contributed by atoms with Crippen molar-refractivity contribution < 1.29 is 14.3 Å². The van der Waals surface area contributed by atoms with Crippen molar-refractivity contribution in [3.8, 4) is 0 Å². The molecule has 3 aliphatic rings. The van der Waals surface area contributed by atoms with Gasteiger partial charge in [0.2, 0.25) is 11.8 Å². The largest absolute Gasteiger partial charge is 0.380 e. The zero-order valence-electron chi connectivity index (χ0n) is 12.9. The van der Waals surface area contributed by atoms with Crippen LogP contribution in [0.1, 0.15) is 51.9 Å². The number of carbonyl (C=O) groups is 2. The maximum Gasteiger partial charge on any atom is 0.246 e. The van der Waals surface area contributed by atoms with E-state index in [4.69, 9.17) is 4.74 Å². The van der Waals surface area contributed by atoms with Crippen LogP contribution in [-0.2, 0) is 14.3 Å². The third-order valence-corrected chi connectivity index (χ3v) is 5.09. The molecule has 3 fully saturated rings. The second-order valence-electron chi connectivity index (χ2n) is 6.63. The number of rotatable bonds is 6. The van der Waals surface area contributed by atoms with Crippen LogP contribution in [0.15, 0.2) is 0 Å². The van der Waals surface area contributed by atoms with Crippen LogP contribution in [0.3, 0.4) is 0 Å². The maximum atomic E-state index is 12.8. The molecule has 1 aliphatic heterocycles. The summed E-state index contributed by atoms with van der Waals surface area (Å²) in [6.45, 7) is 3.87. The Morgan fingerprint density at radius 3 is 2.57 bits per heavy atom. The zero-order valence-corrected chi connectivity index (χ0v) is 12.9. The molecule has 0 aromatic rings. The Kier molecular flexibility index (Phi) is 4.20. The number of amides is 2. The SMILES string of the molecule is CCCOCCN1C(=O)C(C2CC2)NC(=O)C12CCCC2. The van der Waals surface area contributed by atoms with Gasteiger partial charge in [-0.2, -0.15) is 0 Å². The summed E-state index contributed by atoms with van der Waals surface area (Å²) < 4.78 is 5.56. The summed E-state index contributed by atoms with van der Waals surface area (Å²) in [6, 6.07) is -0.282. The van der Waals surface area contributed by atoms with Gasteiger partial charge in [0.15, 0.2) is 0 Å². The Morgan fingerprint density at radius 1 is 1.24 bits per heavy atom. The summed E-state index contributed by atoms with van der Waals surface area (Å²) in [5.74, 6) is 0.561. The Hall–Kier alpha value is -1.10. The lowest BCUT2D eigenvalue weighted by atomic mass is 9.88. The standard InChI is InChI=1S/C16H26N2O3/c1-2-10-21-11-9-18-14(19)13(12-5-6-12)17-15(20)16(18)7-3-4-8-16/h12-13H,2-11H2,1H3,(H,17,20). The Morgan fingerprint density at radius 2 is 1.95 bits per heavy atom. The first-order valence-corrected chi connectivity index (χ1v) is 8.39. The van der Waals surface area contributed by atoms with E-state index in [9.17, 15) is 9.59 Å². The van der Waals surface area contributed by atoms with Gasteiger partial charge in [0, 0.05) is 13.2 Å². The number of hydrogen-bond acceptors (Lipinski definition) is 3. The number of hydrogen-bond donors (Lipinski definition) is 1. The monoisotopic (exact) mass is 294 g/mol. The van der Waals surface area contributed by atoms with Crippen LogP contribution in [0.2, 0.25) is 0 Å². The van der Waals surface area contributed by atoms with Gasteiger partial charge < -0.3 is 15.0 Å². The molecule has 1 saturated heterocycles. The number of nitrogens with one attached hydrogen (secondary N) is 1.